The third kappa shape index (κ3) is 3.78. The number of halogens is 1. The van der Waals surface area contributed by atoms with Gasteiger partial charge in [0.1, 0.15) is 17.3 Å². The third-order valence-electron chi connectivity index (χ3n) is 4.75. The summed E-state index contributed by atoms with van der Waals surface area (Å²) in [6.07, 6.45) is 2.52. The Morgan fingerprint density at radius 1 is 1.14 bits per heavy atom. The molecule has 1 amide bonds. The van der Waals surface area contributed by atoms with Crippen molar-refractivity contribution in [3.63, 3.8) is 0 Å². The molecule has 1 aromatic heterocycles. The first kappa shape index (κ1) is 19.6. The molecule has 0 radical (unpaired) electrons. The Bertz CT molecular complexity index is 1130. The molecule has 0 aliphatic carbocycles. The molecule has 3 nitrogen and oxygen atoms in total. The summed E-state index contributed by atoms with van der Waals surface area (Å²) in [5, 5.41) is 0. The highest BCUT2D eigenvalue weighted by Crippen LogP contribution is 2.39. The molecule has 146 valence electrons. The van der Waals surface area contributed by atoms with Crippen LogP contribution in [0.3, 0.4) is 0 Å². The normalized spacial score (nSPS) is 15.6. The number of aryl methyl sites for hydroxylation is 2. The first-order chi connectivity index (χ1) is 14.0. The average molecular weight is 424 g/mol. The van der Waals surface area contributed by atoms with Crippen LogP contribution in [0.15, 0.2) is 63.9 Å². The topological polar surface area (TPSA) is 33.5 Å². The molecule has 0 saturated carbocycles. The maximum atomic E-state index is 13.1. The van der Waals surface area contributed by atoms with Crippen molar-refractivity contribution < 1.29 is 13.6 Å². The van der Waals surface area contributed by atoms with Crippen molar-refractivity contribution in [3.05, 3.63) is 82.2 Å². The molecule has 29 heavy (non-hydrogen) atoms. The monoisotopic (exact) mass is 423 g/mol. The van der Waals surface area contributed by atoms with Crippen molar-refractivity contribution in [3.8, 4) is 11.3 Å². The minimum atomic E-state index is -0.299. The van der Waals surface area contributed by atoms with Gasteiger partial charge >= 0.3 is 0 Å². The number of rotatable bonds is 4. The number of benzene rings is 2. The molecule has 1 saturated heterocycles. The first-order valence-corrected chi connectivity index (χ1v) is 10.4. The Hall–Kier alpha value is -2.70. The number of hydrogen-bond acceptors (Lipinski definition) is 4. The molecule has 1 fully saturated rings. The predicted octanol–water partition coefficient (Wildman–Crippen LogP) is 6.36. The largest absolute Gasteiger partial charge is 0.457 e. The van der Waals surface area contributed by atoms with Crippen LogP contribution in [0.25, 0.3) is 17.4 Å². The first-order valence-electron chi connectivity index (χ1n) is 9.20. The van der Waals surface area contributed by atoms with Gasteiger partial charge in [-0.05, 0) is 60.9 Å². The van der Waals surface area contributed by atoms with Crippen molar-refractivity contribution >= 4 is 46.0 Å². The summed E-state index contributed by atoms with van der Waals surface area (Å²) in [6.45, 7) is 4.05. The number of carbonyl (C=O) groups excluding carboxylic acids is 1. The molecule has 2 aromatic carbocycles. The second-order valence-corrected chi connectivity index (χ2v) is 8.34. The summed E-state index contributed by atoms with van der Waals surface area (Å²) >= 11 is 6.78. The number of thiocarbonyl (C=S) groups is 1. The van der Waals surface area contributed by atoms with E-state index in [2.05, 4.69) is 6.92 Å². The maximum Gasteiger partial charge on any atom is 0.270 e. The van der Waals surface area contributed by atoms with E-state index in [1.54, 1.807) is 35.2 Å². The zero-order valence-electron chi connectivity index (χ0n) is 15.9. The van der Waals surface area contributed by atoms with E-state index in [9.17, 15) is 9.18 Å². The fourth-order valence-corrected chi connectivity index (χ4v) is 4.57. The van der Waals surface area contributed by atoms with Crippen LogP contribution in [0.2, 0.25) is 0 Å². The molecule has 1 aliphatic rings. The smallest absolute Gasteiger partial charge is 0.270 e. The van der Waals surface area contributed by atoms with Gasteiger partial charge in [-0.2, -0.15) is 0 Å². The van der Waals surface area contributed by atoms with Gasteiger partial charge in [0.05, 0.1) is 10.6 Å². The van der Waals surface area contributed by atoms with E-state index < -0.39 is 0 Å². The molecule has 1 aliphatic heterocycles. The molecule has 6 heteroatoms. The van der Waals surface area contributed by atoms with Crippen LogP contribution in [-0.2, 0) is 11.2 Å². The molecule has 4 rings (SSSR count). The Kier molecular flexibility index (Phi) is 5.39. The number of amides is 1. The van der Waals surface area contributed by atoms with Crippen LogP contribution < -0.4 is 4.90 Å². The number of nitrogens with zero attached hydrogens (tertiary/aromatic N) is 1. The highest BCUT2D eigenvalue weighted by Gasteiger charge is 2.35. The van der Waals surface area contributed by atoms with Gasteiger partial charge in [-0.3, -0.25) is 9.69 Å². The lowest BCUT2D eigenvalue weighted by Gasteiger charge is -2.20. The molecule has 0 bridgehead atoms. The zero-order valence-corrected chi connectivity index (χ0v) is 17.6. The number of furan rings is 1. The van der Waals surface area contributed by atoms with E-state index in [1.165, 1.54) is 23.9 Å². The van der Waals surface area contributed by atoms with Crippen LogP contribution >= 0.6 is 24.0 Å². The number of para-hydroxylation sites is 1. The van der Waals surface area contributed by atoms with Crippen molar-refractivity contribution in [2.75, 3.05) is 4.90 Å². The summed E-state index contributed by atoms with van der Waals surface area (Å²) in [4.78, 5) is 15.3. The van der Waals surface area contributed by atoms with Crippen LogP contribution in [0, 0.1) is 12.7 Å². The van der Waals surface area contributed by atoms with Gasteiger partial charge in [-0.15, -0.1) is 0 Å². The lowest BCUT2D eigenvalue weighted by atomic mass is 10.0. The standard InChI is InChI=1S/C23H18FNO2S2/c1-3-15-6-4-5-14(2)21(15)25-22(26)20(29-23(25)28)13-18-11-12-19(27-18)16-7-9-17(24)10-8-16/h4-13H,3H2,1-2H3. The Labute approximate surface area is 178 Å². The summed E-state index contributed by atoms with van der Waals surface area (Å²) in [5.74, 6) is 0.708. The van der Waals surface area contributed by atoms with E-state index in [0.717, 1.165) is 28.8 Å². The van der Waals surface area contributed by atoms with Crippen molar-refractivity contribution in [1.82, 2.24) is 0 Å². The highest BCUT2D eigenvalue weighted by atomic mass is 32.2. The fraction of sp³-hybridized carbons (Fsp3) is 0.130. The van der Waals surface area contributed by atoms with Crippen LogP contribution in [0.5, 0.6) is 0 Å². The molecular weight excluding hydrogens is 405 g/mol. The van der Waals surface area contributed by atoms with Gasteiger partial charge in [0, 0.05) is 11.6 Å². The van der Waals surface area contributed by atoms with Gasteiger partial charge in [-0.25, -0.2) is 4.39 Å². The molecule has 0 unspecified atom stereocenters. The molecular formula is C23H18FNO2S2. The summed E-state index contributed by atoms with van der Waals surface area (Å²) in [7, 11) is 0. The predicted molar refractivity (Wildman–Crippen MR) is 120 cm³/mol. The number of carbonyl (C=O) groups is 1. The molecule has 3 aromatic rings. The average Bonchev–Trinajstić information content (AvgIpc) is 3.27. The van der Waals surface area contributed by atoms with E-state index in [4.69, 9.17) is 16.6 Å². The van der Waals surface area contributed by atoms with Crippen LogP contribution in [0.1, 0.15) is 23.8 Å². The Morgan fingerprint density at radius 2 is 1.90 bits per heavy atom. The number of anilines is 1. The van der Waals surface area contributed by atoms with Gasteiger partial charge in [0.2, 0.25) is 0 Å². The zero-order chi connectivity index (χ0) is 20.5. The second-order valence-electron chi connectivity index (χ2n) is 6.66. The Morgan fingerprint density at radius 3 is 2.62 bits per heavy atom. The summed E-state index contributed by atoms with van der Waals surface area (Å²) in [5.41, 5.74) is 3.73. The van der Waals surface area contributed by atoms with Crippen molar-refractivity contribution in [2.24, 2.45) is 0 Å². The lowest BCUT2D eigenvalue weighted by Crippen LogP contribution is -2.29. The van der Waals surface area contributed by atoms with Crippen molar-refractivity contribution in [1.29, 1.82) is 0 Å². The Balaban J connectivity index is 1.65. The second kappa shape index (κ2) is 7.97. The molecule has 0 N–H and O–H groups in total. The maximum absolute atomic E-state index is 13.1. The van der Waals surface area contributed by atoms with E-state index in [1.807, 2.05) is 25.1 Å². The van der Waals surface area contributed by atoms with Gasteiger partial charge < -0.3 is 4.42 Å². The molecule has 2 heterocycles. The van der Waals surface area contributed by atoms with Crippen LogP contribution in [-0.4, -0.2) is 10.2 Å². The van der Waals surface area contributed by atoms with Gasteiger partial charge in [-0.1, -0.05) is 49.1 Å². The number of thioether (sulfide) groups is 1. The minimum absolute atomic E-state index is 0.149. The third-order valence-corrected chi connectivity index (χ3v) is 6.05. The lowest BCUT2D eigenvalue weighted by molar-refractivity contribution is -0.113. The van der Waals surface area contributed by atoms with Crippen molar-refractivity contribution in [2.45, 2.75) is 20.3 Å². The van der Waals surface area contributed by atoms with Gasteiger partial charge in [0.25, 0.3) is 5.91 Å². The highest BCUT2D eigenvalue weighted by molar-refractivity contribution is 8.27. The fourth-order valence-electron chi connectivity index (χ4n) is 3.31. The van der Waals surface area contributed by atoms with E-state index in [0.29, 0.717) is 20.7 Å². The van der Waals surface area contributed by atoms with E-state index in [-0.39, 0.29) is 11.7 Å². The van der Waals surface area contributed by atoms with Gasteiger partial charge in [0.15, 0.2) is 4.32 Å². The molecule has 0 spiro atoms. The SMILES string of the molecule is CCc1cccc(C)c1N1C(=O)C(=Cc2ccc(-c3ccc(F)cc3)o2)SC1=S. The van der Waals surface area contributed by atoms with Crippen LogP contribution in [0.4, 0.5) is 10.1 Å². The number of hydrogen-bond donors (Lipinski definition) is 0. The minimum Gasteiger partial charge on any atom is -0.457 e. The summed E-state index contributed by atoms with van der Waals surface area (Å²) in [6, 6.07) is 15.7. The summed E-state index contributed by atoms with van der Waals surface area (Å²) < 4.78 is 19.5. The van der Waals surface area contributed by atoms with E-state index >= 15 is 0 Å². The quantitative estimate of drug-likeness (QED) is 0.361. The molecule has 0 atom stereocenters.